The molecule has 1 aliphatic heterocycles. The van der Waals surface area contributed by atoms with Crippen molar-refractivity contribution in [2.75, 3.05) is 11.5 Å². The molecule has 4 rings (SSSR count). The first-order chi connectivity index (χ1) is 12.2. The van der Waals surface area contributed by atoms with Crippen LogP contribution in [-0.4, -0.2) is 18.4 Å². The van der Waals surface area contributed by atoms with Crippen molar-refractivity contribution in [3.63, 3.8) is 0 Å². The molecule has 1 heterocycles. The van der Waals surface area contributed by atoms with Gasteiger partial charge in [0, 0.05) is 0 Å². The summed E-state index contributed by atoms with van der Waals surface area (Å²) in [5, 5.41) is 0. The van der Waals surface area contributed by atoms with Crippen molar-refractivity contribution in [2.45, 2.75) is 39.0 Å². The fourth-order valence-electron chi connectivity index (χ4n) is 4.57. The summed E-state index contributed by atoms with van der Waals surface area (Å²) in [5.41, 5.74) is 0.669. The number of benzene rings is 1. The highest BCUT2D eigenvalue weighted by molar-refractivity contribution is 6.22. The molecule has 1 saturated carbocycles. The third-order valence-corrected chi connectivity index (χ3v) is 5.83. The Kier molecular flexibility index (Phi) is 4.36. The number of hydrogen-bond acceptors (Lipinski definition) is 3. The van der Waals surface area contributed by atoms with Crippen molar-refractivity contribution in [3.8, 4) is 5.75 Å². The Bertz CT molecular complexity index is 664. The van der Waals surface area contributed by atoms with Gasteiger partial charge in [-0.1, -0.05) is 38.3 Å². The molecule has 0 unspecified atom stereocenters. The van der Waals surface area contributed by atoms with Gasteiger partial charge in [-0.3, -0.25) is 14.5 Å². The van der Waals surface area contributed by atoms with E-state index in [0.717, 1.165) is 18.6 Å². The molecule has 4 nitrogen and oxygen atoms in total. The second-order valence-corrected chi connectivity index (χ2v) is 7.41. The summed E-state index contributed by atoms with van der Waals surface area (Å²) < 4.78 is 5.74. The van der Waals surface area contributed by atoms with Gasteiger partial charge >= 0.3 is 0 Å². The van der Waals surface area contributed by atoms with E-state index in [2.05, 4.69) is 19.1 Å². The van der Waals surface area contributed by atoms with Crippen LogP contribution in [-0.2, 0) is 9.59 Å². The summed E-state index contributed by atoms with van der Waals surface area (Å²) in [6, 6.07) is 7.37. The highest BCUT2D eigenvalue weighted by Gasteiger charge is 2.59. The molecule has 1 saturated heterocycles. The first kappa shape index (κ1) is 16.4. The van der Waals surface area contributed by atoms with E-state index < -0.39 is 0 Å². The van der Waals surface area contributed by atoms with Crippen LogP contribution in [0.1, 0.15) is 39.0 Å². The molecular weight excluding hydrogens is 314 g/mol. The number of anilines is 1. The number of rotatable bonds is 7. The second-order valence-electron chi connectivity index (χ2n) is 7.41. The molecule has 3 aliphatic rings. The van der Waals surface area contributed by atoms with Crippen molar-refractivity contribution in [3.05, 3.63) is 36.4 Å². The summed E-state index contributed by atoms with van der Waals surface area (Å²) >= 11 is 0. The Morgan fingerprint density at radius 2 is 1.60 bits per heavy atom. The quantitative estimate of drug-likeness (QED) is 0.429. The summed E-state index contributed by atoms with van der Waals surface area (Å²) in [5.74, 6) is 0.958. The summed E-state index contributed by atoms with van der Waals surface area (Å²) in [6.45, 7) is 2.90. The molecule has 4 atom stereocenters. The first-order valence-corrected chi connectivity index (χ1v) is 9.49. The number of unbranched alkanes of at least 4 members (excludes halogenated alkanes) is 3. The number of allylic oxidation sites excluding steroid dienone is 2. The van der Waals surface area contributed by atoms with Gasteiger partial charge in [-0.25, -0.2) is 0 Å². The van der Waals surface area contributed by atoms with E-state index in [0.29, 0.717) is 12.3 Å². The van der Waals surface area contributed by atoms with Crippen LogP contribution >= 0.6 is 0 Å². The van der Waals surface area contributed by atoms with Crippen molar-refractivity contribution >= 4 is 17.5 Å². The lowest BCUT2D eigenvalue weighted by Crippen LogP contribution is -2.32. The molecule has 0 spiro atoms. The molecule has 0 aromatic heterocycles. The largest absolute Gasteiger partial charge is 0.494 e. The maximum absolute atomic E-state index is 12.8. The molecule has 2 aliphatic carbocycles. The van der Waals surface area contributed by atoms with Crippen molar-refractivity contribution in [1.29, 1.82) is 0 Å². The van der Waals surface area contributed by atoms with Crippen LogP contribution < -0.4 is 9.64 Å². The van der Waals surface area contributed by atoms with E-state index in [4.69, 9.17) is 4.74 Å². The van der Waals surface area contributed by atoms with Crippen LogP contribution in [0.5, 0.6) is 5.75 Å². The van der Waals surface area contributed by atoms with Crippen molar-refractivity contribution < 1.29 is 14.3 Å². The third kappa shape index (κ3) is 2.78. The van der Waals surface area contributed by atoms with Crippen LogP contribution in [0.25, 0.3) is 0 Å². The van der Waals surface area contributed by atoms with Crippen molar-refractivity contribution in [1.82, 2.24) is 0 Å². The fraction of sp³-hybridized carbons (Fsp3) is 0.524. The smallest absolute Gasteiger partial charge is 0.238 e. The van der Waals surface area contributed by atoms with Gasteiger partial charge in [0.1, 0.15) is 5.75 Å². The van der Waals surface area contributed by atoms with Crippen molar-refractivity contribution in [2.24, 2.45) is 23.7 Å². The SMILES string of the molecule is CCCCCCOc1ccc(N2C(=O)[C@@H]3[C@H](C2=O)[C@@H]2C=C[C@H]3C2)cc1. The molecular formula is C21H25NO3. The highest BCUT2D eigenvalue weighted by atomic mass is 16.5. The topological polar surface area (TPSA) is 46.6 Å². The Labute approximate surface area is 148 Å². The summed E-state index contributed by atoms with van der Waals surface area (Å²) in [6.07, 6.45) is 9.90. The maximum Gasteiger partial charge on any atom is 0.238 e. The standard InChI is InChI=1S/C21H25NO3/c1-2-3-4-5-12-25-17-10-8-16(9-11-17)22-20(23)18-14-6-7-15(13-14)19(18)21(22)24/h6-11,14-15,18-19H,2-5,12-13H2,1H3/t14-,15+,18-,19+. The van der Waals surface area contributed by atoms with E-state index in [9.17, 15) is 9.59 Å². The minimum absolute atomic E-state index is 0.0277. The lowest BCUT2D eigenvalue weighted by molar-refractivity contribution is -0.123. The fourth-order valence-corrected chi connectivity index (χ4v) is 4.57. The minimum atomic E-state index is -0.142. The summed E-state index contributed by atoms with van der Waals surface area (Å²) in [4.78, 5) is 27.0. The zero-order valence-electron chi connectivity index (χ0n) is 14.7. The Morgan fingerprint density at radius 3 is 2.20 bits per heavy atom. The minimum Gasteiger partial charge on any atom is -0.494 e. The van der Waals surface area contributed by atoms with Gasteiger partial charge in [0.2, 0.25) is 11.8 Å². The van der Waals surface area contributed by atoms with E-state index in [1.165, 1.54) is 24.2 Å². The Morgan fingerprint density at radius 1 is 0.960 bits per heavy atom. The Balaban J connectivity index is 1.41. The van der Waals surface area contributed by atoms with Crippen LogP contribution in [0.3, 0.4) is 0 Å². The van der Waals surface area contributed by atoms with E-state index >= 15 is 0 Å². The first-order valence-electron chi connectivity index (χ1n) is 9.49. The lowest BCUT2D eigenvalue weighted by Gasteiger charge is -2.17. The second kappa shape index (κ2) is 6.66. The van der Waals surface area contributed by atoms with Crippen LogP contribution in [0, 0.1) is 23.7 Å². The monoisotopic (exact) mass is 339 g/mol. The predicted octanol–water partition coefficient (Wildman–Crippen LogP) is 3.96. The average Bonchev–Trinajstić information content (AvgIpc) is 3.30. The van der Waals surface area contributed by atoms with Gasteiger partial charge in [0.15, 0.2) is 0 Å². The van der Waals surface area contributed by atoms with Gasteiger partial charge in [-0.15, -0.1) is 0 Å². The number of fused-ring (bicyclic) bond motifs is 5. The number of carbonyl (C=O) groups is 2. The Hall–Kier alpha value is -2.10. The van der Waals surface area contributed by atoms with Gasteiger partial charge < -0.3 is 4.74 Å². The molecule has 0 N–H and O–H groups in total. The molecule has 2 bridgehead atoms. The maximum atomic E-state index is 12.8. The van der Waals surface area contributed by atoms with Crippen LogP contribution in [0.15, 0.2) is 36.4 Å². The zero-order chi connectivity index (χ0) is 17.4. The average molecular weight is 339 g/mol. The van der Waals surface area contributed by atoms with Crippen LogP contribution in [0.2, 0.25) is 0 Å². The number of hydrogen-bond donors (Lipinski definition) is 0. The van der Waals surface area contributed by atoms with Gasteiger partial charge in [0.05, 0.1) is 24.1 Å². The number of imide groups is 1. The molecule has 2 amide bonds. The molecule has 1 aromatic rings. The molecule has 1 aromatic carbocycles. The summed E-state index contributed by atoms with van der Waals surface area (Å²) in [7, 11) is 0. The zero-order valence-corrected chi connectivity index (χ0v) is 14.7. The van der Waals surface area contributed by atoms with E-state index in [1.807, 2.05) is 24.3 Å². The molecule has 2 fully saturated rings. The van der Waals surface area contributed by atoms with Gasteiger partial charge in [-0.05, 0) is 48.9 Å². The third-order valence-electron chi connectivity index (χ3n) is 5.83. The lowest BCUT2D eigenvalue weighted by atomic mass is 9.85. The van der Waals surface area contributed by atoms with E-state index in [1.54, 1.807) is 0 Å². The van der Waals surface area contributed by atoms with Gasteiger partial charge in [-0.2, -0.15) is 0 Å². The number of carbonyl (C=O) groups excluding carboxylic acids is 2. The number of ether oxygens (including phenoxy) is 1. The normalized spacial score (nSPS) is 29.6. The molecule has 25 heavy (non-hydrogen) atoms. The number of amides is 2. The molecule has 132 valence electrons. The molecule has 0 radical (unpaired) electrons. The van der Waals surface area contributed by atoms with Crippen LogP contribution in [0.4, 0.5) is 5.69 Å². The highest BCUT2D eigenvalue weighted by Crippen LogP contribution is 2.53. The van der Waals surface area contributed by atoms with Gasteiger partial charge in [0.25, 0.3) is 0 Å². The molecule has 4 heteroatoms. The number of nitrogens with zero attached hydrogens (tertiary/aromatic N) is 1. The van der Waals surface area contributed by atoms with E-state index in [-0.39, 0.29) is 35.5 Å². The predicted molar refractivity (Wildman–Crippen MR) is 96.3 cm³/mol.